The predicted molar refractivity (Wildman–Crippen MR) is 81.9 cm³/mol. The SMILES string of the molecule is CN1CCN(c2cnc3c(c2)c(F)c2n3CCN=C2)CC1. The second-order valence-corrected chi connectivity index (χ2v) is 5.74. The number of halogens is 1. The van der Waals surface area contributed by atoms with E-state index in [2.05, 4.69) is 26.8 Å². The van der Waals surface area contributed by atoms with Crippen molar-refractivity contribution in [3.05, 3.63) is 23.8 Å². The van der Waals surface area contributed by atoms with Gasteiger partial charge in [0, 0.05) is 38.9 Å². The molecule has 0 radical (unpaired) electrons. The van der Waals surface area contributed by atoms with Gasteiger partial charge < -0.3 is 14.4 Å². The number of rotatable bonds is 1. The van der Waals surface area contributed by atoms with Crippen LogP contribution in [0, 0.1) is 5.82 Å². The summed E-state index contributed by atoms with van der Waals surface area (Å²) in [7, 11) is 2.12. The highest BCUT2D eigenvalue weighted by atomic mass is 19.1. The number of hydrogen-bond donors (Lipinski definition) is 0. The molecule has 6 heteroatoms. The number of anilines is 1. The number of fused-ring (bicyclic) bond motifs is 3. The van der Waals surface area contributed by atoms with Crippen LogP contribution in [0.2, 0.25) is 0 Å². The second-order valence-electron chi connectivity index (χ2n) is 5.74. The van der Waals surface area contributed by atoms with E-state index in [0.29, 0.717) is 24.2 Å². The van der Waals surface area contributed by atoms with Gasteiger partial charge in [0.1, 0.15) is 5.65 Å². The number of likely N-dealkylation sites (N-methyl/N-ethyl adjacent to an activating group) is 1. The van der Waals surface area contributed by atoms with Crippen molar-refractivity contribution in [2.24, 2.45) is 4.99 Å². The Hall–Kier alpha value is -1.95. The van der Waals surface area contributed by atoms with Crippen LogP contribution in [0.15, 0.2) is 17.3 Å². The predicted octanol–water partition coefficient (Wildman–Crippen LogP) is 1.36. The third kappa shape index (κ3) is 2.01. The van der Waals surface area contributed by atoms with Gasteiger partial charge in [0.25, 0.3) is 0 Å². The first kappa shape index (κ1) is 12.8. The van der Waals surface area contributed by atoms with Crippen LogP contribution >= 0.6 is 0 Å². The first-order valence-corrected chi connectivity index (χ1v) is 7.35. The molecule has 0 spiro atoms. The summed E-state index contributed by atoms with van der Waals surface area (Å²) in [5.74, 6) is -0.197. The van der Waals surface area contributed by atoms with E-state index < -0.39 is 0 Å². The van der Waals surface area contributed by atoms with Crippen molar-refractivity contribution in [1.29, 1.82) is 0 Å². The smallest absolute Gasteiger partial charge is 0.159 e. The third-order valence-corrected chi connectivity index (χ3v) is 4.39. The van der Waals surface area contributed by atoms with Crippen molar-refractivity contribution in [3.63, 3.8) is 0 Å². The van der Waals surface area contributed by atoms with Crippen molar-refractivity contribution >= 4 is 22.9 Å². The molecule has 4 rings (SSSR count). The Balaban J connectivity index is 1.77. The molecule has 4 heterocycles. The molecule has 0 aromatic carbocycles. The largest absolute Gasteiger partial charge is 0.368 e. The van der Waals surface area contributed by atoms with Crippen molar-refractivity contribution in [3.8, 4) is 0 Å². The maximum Gasteiger partial charge on any atom is 0.159 e. The minimum Gasteiger partial charge on any atom is -0.368 e. The fourth-order valence-electron chi connectivity index (χ4n) is 3.09. The first-order chi connectivity index (χ1) is 10.2. The Bertz CT molecular complexity index is 712. The summed E-state index contributed by atoms with van der Waals surface area (Å²) in [5.41, 5.74) is 2.29. The highest BCUT2D eigenvalue weighted by Crippen LogP contribution is 2.27. The normalized spacial score (nSPS) is 19.2. The number of pyridine rings is 1. The van der Waals surface area contributed by atoms with Gasteiger partial charge in [-0.2, -0.15) is 0 Å². The number of aromatic nitrogens is 2. The van der Waals surface area contributed by atoms with Crippen LogP contribution < -0.4 is 4.90 Å². The van der Waals surface area contributed by atoms with Crippen LogP contribution in [-0.2, 0) is 6.54 Å². The van der Waals surface area contributed by atoms with E-state index in [4.69, 9.17) is 0 Å². The van der Waals surface area contributed by atoms with Crippen molar-refractivity contribution < 1.29 is 4.39 Å². The summed E-state index contributed by atoms with van der Waals surface area (Å²) in [6, 6.07) is 1.93. The van der Waals surface area contributed by atoms with Crippen LogP contribution in [0.5, 0.6) is 0 Å². The third-order valence-electron chi connectivity index (χ3n) is 4.39. The molecule has 0 unspecified atom stereocenters. The molecule has 21 heavy (non-hydrogen) atoms. The zero-order valence-corrected chi connectivity index (χ0v) is 12.1. The molecule has 110 valence electrons. The second kappa shape index (κ2) is 4.80. The lowest BCUT2D eigenvalue weighted by molar-refractivity contribution is 0.313. The molecule has 2 aromatic heterocycles. The molecule has 0 aliphatic carbocycles. The molecule has 2 aliphatic rings. The zero-order valence-electron chi connectivity index (χ0n) is 12.1. The highest BCUT2D eigenvalue weighted by molar-refractivity contribution is 5.91. The van der Waals surface area contributed by atoms with Gasteiger partial charge in [-0.15, -0.1) is 0 Å². The van der Waals surface area contributed by atoms with Crippen molar-refractivity contribution in [1.82, 2.24) is 14.5 Å². The van der Waals surface area contributed by atoms with Crippen molar-refractivity contribution in [2.75, 3.05) is 44.7 Å². The summed E-state index contributed by atoms with van der Waals surface area (Å²) < 4.78 is 16.5. The lowest BCUT2D eigenvalue weighted by atomic mass is 10.2. The molecular formula is C15H18FN5. The average molecular weight is 287 g/mol. The molecule has 0 amide bonds. The van der Waals surface area contributed by atoms with Gasteiger partial charge in [-0.1, -0.05) is 0 Å². The Kier molecular flexibility index (Phi) is 2.92. The molecule has 2 aliphatic heterocycles. The average Bonchev–Trinajstić information content (AvgIpc) is 2.81. The van der Waals surface area contributed by atoms with Gasteiger partial charge in [-0.25, -0.2) is 9.37 Å². The maximum absolute atomic E-state index is 14.5. The van der Waals surface area contributed by atoms with Crippen LogP contribution in [0.25, 0.3) is 11.0 Å². The molecular weight excluding hydrogens is 269 g/mol. The van der Waals surface area contributed by atoms with Gasteiger partial charge in [0.2, 0.25) is 0 Å². The quantitative estimate of drug-likeness (QED) is 0.794. The summed E-state index contributed by atoms with van der Waals surface area (Å²) in [5, 5.41) is 0.606. The summed E-state index contributed by atoms with van der Waals surface area (Å²) >= 11 is 0. The molecule has 0 N–H and O–H groups in total. The lowest BCUT2D eigenvalue weighted by Crippen LogP contribution is -2.44. The Morgan fingerprint density at radius 1 is 1.14 bits per heavy atom. The lowest BCUT2D eigenvalue weighted by Gasteiger charge is -2.33. The molecule has 0 bridgehead atoms. The minimum absolute atomic E-state index is 0.197. The van der Waals surface area contributed by atoms with Gasteiger partial charge >= 0.3 is 0 Å². The van der Waals surface area contributed by atoms with E-state index in [-0.39, 0.29) is 5.82 Å². The molecule has 1 fully saturated rings. The first-order valence-electron chi connectivity index (χ1n) is 7.35. The molecule has 0 saturated carbocycles. The van der Waals surface area contributed by atoms with E-state index in [1.807, 2.05) is 16.8 Å². The molecule has 2 aromatic rings. The van der Waals surface area contributed by atoms with Crippen LogP contribution in [0.3, 0.4) is 0 Å². The fraction of sp³-hybridized carbons (Fsp3) is 0.467. The Labute approximate surface area is 122 Å². The van der Waals surface area contributed by atoms with Gasteiger partial charge in [-0.05, 0) is 13.1 Å². The summed E-state index contributed by atoms with van der Waals surface area (Å²) in [6.07, 6.45) is 3.49. The van der Waals surface area contributed by atoms with E-state index in [9.17, 15) is 4.39 Å². The standard InChI is InChI=1S/C15H18FN5/c1-19-4-6-20(7-5-19)11-8-12-14(16)13-10-17-2-3-21(13)15(12)18-9-11/h8-10H,2-7H2,1H3. The van der Waals surface area contributed by atoms with E-state index in [1.54, 1.807) is 6.21 Å². The minimum atomic E-state index is -0.197. The number of hydrogen-bond acceptors (Lipinski definition) is 4. The van der Waals surface area contributed by atoms with Gasteiger partial charge in [-0.3, -0.25) is 4.99 Å². The Morgan fingerprint density at radius 3 is 2.76 bits per heavy atom. The topological polar surface area (TPSA) is 36.7 Å². The van der Waals surface area contributed by atoms with Gasteiger partial charge in [0.15, 0.2) is 5.82 Å². The summed E-state index contributed by atoms with van der Waals surface area (Å²) in [4.78, 5) is 13.3. The van der Waals surface area contributed by atoms with Crippen LogP contribution in [-0.4, -0.2) is 60.4 Å². The van der Waals surface area contributed by atoms with Crippen LogP contribution in [0.4, 0.5) is 10.1 Å². The Morgan fingerprint density at radius 2 is 1.95 bits per heavy atom. The monoisotopic (exact) mass is 287 g/mol. The number of aliphatic imine (C=N–C) groups is 1. The summed E-state index contributed by atoms with van der Waals surface area (Å²) in [6.45, 7) is 5.37. The van der Waals surface area contributed by atoms with Gasteiger partial charge in [0.05, 0.1) is 29.5 Å². The van der Waals surface area contributed by atoms with E-state index >= 15 is 0 Å². The maximum atomic E-state index is 14.5. The molecule has 5 nitrogen and oxygen atoms in total. The zero-order chi connectivity index (χ0) is 14.4. The fourth-order valence-corrected chi connectivity index (χ4v) is 3.09. The molecule has 1 saturated heterocycles. The number of nitrogens with zero attached hydrogens (tertiary/aromatic N) is 5. The highest BCUT2D eigenvalue weighted by Gasteiger charge is 2.21. The van der Waals surface area contributed by atoms with E-state index in [1.165, 1.54) is 0 Å². The van der Waals surface area contributed by atoms with E-state index in [0.717, 1.165) is 37.5 Å². The van der Waals surface area contributed by atoms with Crippen LogP contribution in [0.1, 0.15) is 5.69 Å². The molecule has 0 atom stereocenters. The van der Waals surface area contributed by atoms with Crippen molar-refractivity contribution in [2.45, 2.75) is 6.54 Å². The number of piperazine rings is 1.